The number of pyridine rings is 1. The van der Waals surface area contributed by atoms with Gasteiger partial charge in [-0.3, -0.25) is 0 Å². The first-order valence-electron chi connectivity index (χ1n) is 4.49. The van der Waals surface area contributed by atoms with E-state index in [1.807, 2.05) is 28.8 Å². The molecule has 0 bridgehead atoms. The van der Waals surface area contributed by atoms with Crippen molar-refractivity contribution in [2.24, 2.45) is 0 Å². The summed E-state index contributed by atoms with van der Waals surface area (Å²) >= 11 is 0. The maximum Gasteiger partial charge on any atom is 0.330 e. The van der Waals surface area contributed by atoms with E-state index in [-0.39, 0.29) is 5.97 Å². The van der Waals surface area contributed by atoms with Gasteiger partial charge in [0.05, 0.1) is 19.0 Å². The fraction of sp³-hybridized carbons (Fsp3) is 0.0909. The van der Waals surface area contributed by atoms with Crippen molar-refractivity contribution in [2.75, 3.05) is 7.11 Å². The predicted molar refractivity (Wildman–Crippen MR) is 56.2 cm³/mol. The van der Waals surface area contributed by atoms with Gasteiger partial charge in [0, 0.05) is 12.3 Å². The number of imidazole rings is 1. The van der Waals surface area contributed by atoms with Crippen molar-refractivity contribution in [1.82, 2.24) is 9.38 Å². The Morgan fingerprint density at radius 2 is 2.40 bits per heavy atom. The van der Waals surface area contributed by atoms with Crippen molar-refractivity contribution >= 4 is 17.7 Å². The first-order chi connectivity index (χ1) is 7.31. The van der Waals surface area contributed by atoms with E-state index >= 15 is 0 Å². The smallest absolute Gasteiger partial charge is 0.330 e. The molecule has 4 nitrogen and oxygen atoms in total. The third-order valence-electron chi connectivity index (χ3n) is 2.04. The topological polar surface area (TPSA) is 43.6 Å². The SMILES string of the molecule is COC(=O)C=Cc1cnc2ccccn12. The lowest BCUT2D eigenvalue weighted by Crippen LogP contribution is -1.94. The molecule has 0 amide bonds. The minimum absolute atomic E-state index is 0.374. The van der Waals surface area contributed by atoms with Crippen LogP contribution in [0.15, 0.2) is 36.7 Å². The van der Waals surface area contributed by atoms with Crippen LogP contribution in [0.2, 0.25) is 0 Å². The Morgan fingerprint density at radius 3 is 3.20 bits per heavy atom. The molecule has 0 aliphatic carbocycles. The van der Waals surface area contributed by atoms with Gasteiger partial charge in [0.15, 0.2) is 0 Å². The molecular weight excluding hydrogens is 192 g/mol. The Bertz CT molecular complexity index is 514. The number of hydrogen-bond donors (Lipinski definition) is 0. The van der Waals surface area contributed by atoms with E-state index < -0.39 is 0 Å². The largest absolute Gasteiger partial charge is 0.466 e. The number of esters is 1. The summed E-state index contributed by atoms with van der Waals surface area (Å²) in [6, 6.07) is 5.72. The van der Waals surface area contributed by atoms with Crippen LogP contribution >= 0.6 is 0 Å². The molecule has 0 aliphatic heterocycles. The Morgan fingerprint density at radius 1 is 1.53 bits per heavy atom. The third-order valence-corrected chi connectivity index (χ3v) is 2.04. The number of hydrogen-bond acceptors (Lipinski definition) is 3. The second kappa shape index (κ2) is 3.96. The lowest BCUT2D eigenvalue weighted by Gasteiger charge is -1.94. The van der Waals surface area contributed by atoms with E-state index in [0.29, 0.717) is 0 Å². The fourth-order valence-electron chi connectivity index (χ4n) is 1.30. The van der Waals surface area contributed by atoms with Crippen molar-refractivity contribution < 1.29 is 9.53 Å². The molecule has 2 aromatic heterocycles. The summed E-state index contributed by atoms with van der Waals surface area (Å²) in [5.41, 5.74) is 1.69. The molecule has 0 aliphatic rings. The van der Waals surface area contributed by atoms with Crippen LogP contribution in [0.25, 0.3) is 11.7 Å². The number of carbonyl (C=O) groups excluding carboxylic acids is 1. The summed E-state index contributed by atoms with van der Waals surface area (Å²) in [5, 5.41) is 0. The molecule has 0 fully saturated rings. The van der Waals surface area contributed by atoms with Gasteiger partial charge in [-0.2, -0.15) is 0 Å². The molecule has 0 saturated carbocycles. The summed E-state index contributed by atoms with van der Waals surface area (Å²) in [7, 11) is 1.35. The average Bonchev–Trinajstić information content (AvgIpc) is 2.69. The number of ether oxygens (including phenoxy) is 1. The Hall–Kier alpha value is -2.10. The number of rotatable bonds is 2. The number of fused-ring (bicyclic) bond motifs is 1. The predicted octanol–water partition coefficient (Wildman–Crippen LogP) is 1.52. The maximum absolute atomic E-state index is 10.9. The van der Waals surface area contributed by atoms with Gasteiger partial charge in [0.1, 0.15) is 5.65 Å². The van der Waals surface area contributed by atoms with Gasteiger partial charge in [0.25, 0.3) is 0 Å². The van der Waals surface area contributed by atoms with Crippen LogP contribution in [0.5, 0.6) is 0 Å². The molecule has 2 heterocycles. The molecule has 0 radical (unpaired) electrons. The van der Waals surface area contributed by atoms with Crippen molar-refractivity contribution in [3.63, 3.8) is 0 Å². The summed E-state index contributed by atoms with van der Waals surface area (Å²) in [5.74, 6) is -0.374. The standard InChI is InChI=1S/C11H10N2O2/c1-15-11(14)6-5-9-8-12-10-4-2-3-7-13(9)10/h2-8H,1H3. The Balaban J connectivity index is 2.36. The zero-order valence-electron chi connectivity index (χ0n) is 8.25. The van der Waals surface area contributed by atoms with Crippen LogP contribution in [0.3, 0.4) is 0 Å². The molecule has 2 aromatic rings. The Labute approximate surface area is 86.8 Å². The van der Waals surface area contributed by atoms with E-state index in [0.717, 1.165) is 11.3 Å². The number of carbonyl (C=O) groups is 1. The molecule has 2 rings (SSSR count). The molecule has 0 N–H and O–H groups in total. The van der Waals surface area contributed by atoms with Crippen molar-refractivity contribution in [3.8, 4) is 0 Å². The molecule has 0 unspecified atom stereocenters. The highest BCUT2D eigenvalue weighted by molar-refractivity contribution is 5.86. The highest BCUT2D eigenvalue weighted by Gasteiger charge is 1.98. The van der Waals surface area contributed by atoms with Crippen molar-refractivity contribution in [1.29, 1.82) is 0 Å². The number of nitrogens with zero attached hydrogens (tertiary/aromatic N) is 2. The zero-order chi connectivity index (χ0) is 10.7. The number of methoxy groups -OCH3 is 1. The summed E-state index contributed by atoms with van der Waals surface area (Å²) in [6.45, 7) is 0. The van der Waals surface area contributed by atoms with E-state index in [1.54, 1.807) is 12.3 Å². The molecule has 15 heavy (non-hydrogen) atoms. The maximum atomic E-state index is 10.9. The molecule has 0 aromatic carbocycles. The van der Waals surface area contributed by atoms with Gasteiger partial charge >= 0.3 is 5.97 Å². The molecular formula is C11H10N2O2. The van der Waals surface area contributed by atoms with Crippen molar-refractivity contribution in [2.45, 2.75) is 0 Å². The quantitative estimate of drug-likeness (QED) is 0.547. The van der Waals surface area contributed by atoms with Gasteiger partial charge in [-0.05, 0) is 18.2 Å². The van der Waals surface area contributed by atoms with Crippen LogP contribution in [-0.2, 0) is 9.53 Å². The highest BCUT2D eigenvalue weighted by Crippen LogP contribution is 2.07. The second-order valence-corrected chi connectivity index (χ2v) is 2.97. The van der Waals surface area contributed by atoms with Gasteiger partial charge in [-0.1, -0.05) is 6.07 Å². The van der Waals surface area contributed by atoms with Crippen LogP contribution in [0.1, 0.15) is 5.69 Å². The van der Waals surface area contributed by atoms with Crippen LogP contribution in [0, 0.1) is 0 Å². The van der Waals surface area contributed by atoms with E-state index in [1.165, 1.54) is 13.2 Å². The van der Waals surface area contributed by atoms with Crippen LogP contribution < -0.4 is 0 Å². The van der Waals surface area contributed by atoms with Crippen LogP contribution in [0.4, 0.5) is 0 Å². The summed E-state index contributed by atoms with van der Waals surface area (Å²) in [4.78, 5) is 15.1. The first kappa shape index (κ1) is 9.45. The monoisotopic (exact) mass is 202 g/mol. The first-order valence-corrected chi connectivity index (χ1v) is 4.49. The van der Waals surface area contributed by atoms with Gasteiger partial charge in [0.2, 0.25) is 0 Å². The fourth-order valence-corrected chi connectivity index (χ4v) is 1.30. The minimum Gasteiger partial charge on any atom is -0.466 e. The molecule has 0 saturated heterocycles. The van der Waals surface area contributed by atoms with Gasteiger partial charge < -0.3 is 9.14 Å². The summed E-state index contributed by atoms with van der Waals surface area (Å²) in [6.07, 6.45) is 6.64. The molecule has 0 spiro atoms. The van der Waals surface area contributed by atoms with Gasteiger partial charge in [-0.25, -0.2) is 9.78 Å². The molecule has 0 atom stereocenters. The molecule has 76 valence electrons. The van der Waals surface area contributed by atoms with E-state index in [2.05, 4.69) is 9.72 Å². The minimum atomic E-state index is -0.374. The Kier molecular flexibility index (Phi) is 2.49. The normalized spacial score (nSPS) is 11.0. The van der Waals surface area contributed by atoms with Gasteiger partial charge in [-0.15, -0.1) is 0 Å². The highest BCUT2D eigenvalue weighted by atomic mass is 16.5. The van der Waals surface area contributed by atoms with E-state index in [9.17, 15) is 4.79 Å². The lowest BCUT2D eigenvalue weighted by molar-refractivity contribution is -0.134. The zero-order valence-corrected chi connectivity index (χ0v) is 8.25. The van der Waals surface area contributed by atoms with Crippen molar-refractivity contribution in [3.05, 3.63) is 42.4 Å². The van der Waals surface area contributed by atoms with Crippen LogP contribution in [-0.4, -0.2) is 22.5 Å². The third kappa shape index (κ3) is 1.88. The number of aromatic nitrogens is 2. The summed E-state index contributed by atoms with van der Waals surface area (Å²) < 4.78 is 6.39. The second-order valence-electron chi connectivity index (χ2n) is 2.97. The molecule has 4 heteroatoms. The lowest BCUT2D eigenvalue weighted by atomic mass is 10.4. The average molecular weight is 202 g/mol. The van der Waals surface area contributed by atoms with E-state index in [4.69, 9.17) is 0 Å².